The van der Waals surface area contributed by atoms with Crippen molar-refractivity contribution < 1.29 is 0 Å². The molecule has 0 saturated carbocycles. The molecule has 102 valence electrons. The highest BCUT2D eigenvalue weighted by atomic mass is 127. The molecule has 18 heavy (non-hydrogen) atoms. The second-order valence-electron chi connectivity index (χ2n) is 4.92. The molecule has 0 aliphatic carbocycles. The lowest BCUT2D eigenvalue weighted by Gasteiger charge is -2.10. The molecule has 0 fully saturated rings. The highest BCUT2D eigenvalue weighted by Gasteiger charge is 2.04. The molecule has 1 aromatic rings. The van der Waals surface area contributed by atoms with E-state index in [-0.39, 0.29) is 5.56 Å². The van der Waals surface area contributed by atoms with Gasteiger partial charge in [0, 0.05) is 12.7 Å². The van der Waals surface area contributed by atoms with Crippen LogP contribution in [0.15, 0.2) is 11.0 Å². The van der Waals surface area contributed by atoms with E-state index in [9.17, 15) is 4.79 Å². The molecule has 0 unspecified atom stereocenters. The predicted octanol–water partition coefficient (Wildman–Crippen LogP) is 2.18. The summed E-state index contributed by atoms with van der Waals surface area (Å²) in [6.07, 6.45) is 3.73. The Labute approximate surface area is 122 Å². The Hall–Kier alpha value is -0.430. The van der Waals surface area contributed by atoms with E-state index in [1.54, 1.807) is 10.8 Å². The summed E-state index contributed by atoms with van der Waals surface area (Å²) in [5, 5.41) is 3.41. The highest BCUT2D eigenvalue weighted by Crippen LogP contribution is 2.00. The summed E-state index contributed by atoms with van der Waals surface area (Å²) in [5.74, 6) is 1.49. The minimum absolute atomic E-state index is 0.0817. The fourth-order valence-corrected chi connectivity index (χ4v) is 2.16. The van der Waals surface area contributed by atoms with Gasteiger partial charge in [-0.2, -0.15) is 0 Å². The summed E-state index contributed by atoms with van der Waals surface area (Å²) < 4.78 is 2.46. The maximum atomic E-state index is 11.9. The van der Waals surface area contributed by atoms with Gasteiger partial charge in [-0.3, -0.25) is 9.36 Å². The molecule has 0 aliphatic heterocycles. The van der Waals surface area contributed by atoms with Crippen LogP contribution < -0.4 is 10.9 Å². The van der Waals surface area contributed by atoms with Gasteiger partial charge in [0.1, 0.15) is 5.82 Å². The molecule has 0 aromatic carbocycles. The van der Waals surface area contributed by atoms with Gasteiger partial charge in [0.2, 0.25) is 0 Å². The van der Waals surface area contributed by atoms with Gasteiger partial charge in [-0.05, 0) is 61.4 Å². The van der Waals surface area contributed by atoms with Crippen LogP contribution in [0.3, 0.4) is 0 Å². The Bertz CT molecular complexity index is 429. The van der Waals surface area contributed by atoms with Crippen LogP contribution in [0.1, 0.15) is 32.5 Å². The molecule has 0 spiro atoms. The number of unbranched alkanes of at least 4 members (excludes halogenated alkanes) is 1. The maximum Gasteiger partial charge on any atom is 0.266 e. The zero-order valence-electron chi connectivity index (χ0n) is 11.4. The molecule has 0 saturated heterocycles. The molecule has 0 amide bonds. The fraction of sp³-hybridized carbons (Fsp3) is 0.692. The Balaban J connectivity index is 2.36. The molecule has 0 aliphatic rings. The predicted molar refractivity (Wildman–Crippen MR) is 82.9 cm³/mol. The van der Waals surface area contributed by atoms with Gasteiger partial charge in [-0.15, -0.1) is 0 Å². The van der Waals surface area contributed by atoms with Crippen LogP contribution in [-0.4, -0.2) is 22.6 Å². The summed E-state index contributed by atoms with van der Waals surface area (Å²) in [4.78, 5) is 16.1. The third-order valence-electron chi connectivity index (χ3n) is 2.74. The van der Waals surface area contributed by atoms with Crippen molar-refractivity contribution in [2.75, 3.05) is 13.1 Å². The summed E-state index contributed by atoms with van der Waals surface area (Å²) >= 11 is 2.04. The molecule has 0 atom stereocenters. The van der Waals surface area contributed by atoms with Crippen LogP contribution in [0, 0.1) is 16.4 Å². The number of aryl methyl sites for hydroxylation is 1. The van der Waals surface area contributed by atoms with Gasteiger partial charge >= 0.3 is 0 Å². The SMILES string of the molecule is Cc1ncc(I)c(=O)n1CCCCNCC(C)C. The second kappa shape index (κ2) is 7.89. The monoisotopic (exact) mass is 363 g/mol. The van der Waals surface area contributed by atoms with E-state index in [4.69, 9.17) is 0 Å². The molecule has 4 nitrogen and oxygen atoms in total. The molecule has 1 N–H and O–H groups in total. The Morgan fingerprint density at radius 3 is 2.83 bits per heavy atom. The summed E-state index contributed by atoms with van der Waals surface area (Å²) in [6, 6.07) is 0. The van der Waals surface area contributed by atoms with Crippen molar-refractivity contribution in [3.63, 3.8) is 0 Å². The number of nitrogens with one attached hydrogen (secondary N) is 1. The maximum absolute atomic E-state index is 11.9. The minimum Gasteiger partial charge on any atom is -0.316 e. The zero-order valence-corrected chi connectivity index (χ0v) is 13.5. The topological polar surface area (TPSA) is 46.9 Å². The first-order valence-corrected chi connectivity index (χ1v) is 7.53. The van der Waals surface area contributed by atoms with E-state index in [1.807, 2.05) is 29.5 Å². The number of hydrogen-bond donors (Lipinski definition) is 1. The first kappa shape index (κ1) is 15.6. The van der Waals surface area contributed by atoms with Crippen LogP contribution >= 0.6 is 22.6 Å². The van der Waals surface area contributed by atoms with Crippen molar-refractivity contribution >= 4 is 22.6 Å². The van der Waals surface area contributed by atoms with Crippen molar-refractivity contribution in [3.8, 4) is 0 Å². The fourth-order valence-electron chi connectivity index (χ4n) is 1.72. The average molecular weight is 363 g/mol. The lowest BCUT2D eigenvalue weighted by molar-refractivity contribution is 0.510. The normalized spacial score (nSPS) is 11.2. The quantitative estimate of drug-likeness (QED) is 0.597. The van der Waals surface area contributed by atoms with Gasteiger partial charge < -0.3 is 5.32 Å². The molecule has 1 heterocycles. The van der Waals surface area contributed by atoms with E-state index in [2.05, 4.69) is 24.1 Å². The van der Waals surface area contributed by atoms with Crippen LogP contribution in [0.2, 0.25) is 0 Å². The molecule has 5 heteroatoms. The van der Waals surface area contributed by atoms with Crippen LogP contribution in [0.25, 0.3) is 0 Å². The van der Waals surface area contributed by atoms with Crippen molar-refractivity contribution in [2.24, 2.45) is 5.92 Å². The van der Waals surface area contributed by atoms with Crippen LogP contribution in [-0.2, 0) is 6.54 Å². The van der Waals surface area contributed by atoms with E-state index < -0.39 is 0 Å². The van der Waals surface area contributed by atoms with Gasteiger partial charge in [0.05, 0.1) is 3.57 Å². The average Bonchev–Trinajstić information content (AvgIpc) is 2.32. The van der Waals surface area contributed by atoms with Crippen molar-refractivity contribution in [2.45, 2.75) is 40.2 Å². The zero-order chi connectivity index (χ0) is 13.5. The molecule has 0 bridgehead atoms. The summed E-state index contributed by atoms with van der Waals surface area (Å²) in [7, 11) is 0. The molecule has 1 aromatic heterocycles. The largest absolute Gasteiger partial charge is 0.316 e. The number of nitrogens with zero attached hydrogens (tertiary/aromatic N) is 2. The van der Waals surface area contributed by atoms with E-state index >= 15 is 0 Å². The lowest BCUT2D eigenvalue weighted by Crippen LogP contribution is -2.26. The van der Waals surface area contributed by atoms with E-state index in [1.165, 1.54) is 0 Å². The standard InChI is InChI=1S/C13H22IN3O/c1-10(2)8-15-6-4-5-7-17-11(3)16-9-12(14)13(17)18/h9-10,15H,4-8H2,1-3H3. The highest BCUT2D eigenvalue weighted by molar-refractivity contribution is 14.1. The third-order valence-corrected chi connectivity index (χ3v) is 3.48. The number of rotatable bonds is 7. The molecule has 0 radical (unpaired) electrons. The smallest absolute Gasteiger partial charge is 0.266 e. The summed E-state index contributed by atoms with van der Waals surface area (Å²) in [5.41, 5.74) is 0.0817. The Kier molecular flexibility index (Phi) is 6.85. The third kappa shape index (κ3) is 5.06. The summed E-state index contributed by atoms with van der Waals surface area (Å²) in [6.45, 7) is 9.13. The van der Waals surface area contributed by atoms with Crippen LogP contribution in [0.4, 0.5) is 0 Å². The first-order valence-electron chi connectivity index (χ1n) is 6.45. The van der Waals surface area contributed by atoms with Gasteiger partial charge in [-0.25, -0.2) is 4.98 Å². The van der Waals surface area contributed by atoms with Crippen molar-refractivity contribution in [3.05, 3.63) is 25.9 Å². The van der Waals surface area contributed by atoms with E-state index in [0.29, 0.717) is 9.49 Å². The Morgan fingerprint density at radius 2 is 2.17 bits per heavy atom. The second-order valence-corrected chi connectivity index (χ2v) is 6.08. The lowest BCUT2D eigenvalue weighted by atomic mass is 10.2. The van der Waals surface area contributed by atoms with Gasteiger partial charge in [0.25, 0.3) is 5.56 Å². The molecular formula is C13H22IN3O. The number of hydrogen-bond acceptors (Lipinski definition) is 3. The number of halogens is 1. The van der Waals surface area contributed by atoms with Crippen LogP contribution in [0.5, 0.6) is 0 Å². The van der Waals surface area contributed by atoms with Gasteiger partial charge in [-0.1, -0.05) is 13.8 Å². The van der Waals surface area contributed by atoms with Crippen molar-refractivity contribution in [1.29, 1.82) is 0 Å². The molecular weight excluding hydrogens is 341 g/mol. The van der Waals surface area contributed by atoms with Crippen molar-refractivity contribution in [1.82, 2.24) is 14.9 Å². The number of aromatic nitrogens is 2. The minimum atomic E-state index is 0.0817. The Morgan fingerprint density at radius 1 is 1.44 bits per heavy atom. The van der Waals surface area contributed by atoms with E-state index in [0.717, 1.165) is 38.3 Å². The molecule has 1 rings (SSSR count). The van der Waals surface area contributed by atoms with Gasteiger partial charge in [0.15, 0.2) is 0 Å². The first-order chi connectivity index (χ1) is 8.52.